The molecule has 312 valence electrons. The highest BCUT2D eigenvalue weighted by atomic mass is 19.1. The van der Waals surface area contributed by atoms with E-state index in [0.29, 0.717) is 45.3 Å². The number of hydrogen-bond acceptors (Lipinski definition) is 14. The fourth-order valence-corrected chi connectivity index (χ4v) is 5.96. The Morgan fingerprint density at radius 2 is 0.677 bits per heavy atom. The zero-order valence-electron chi connectivity index (χ0n) is 32.5. The molecule has 0 saturated heterocycles. The molecule has 0 unspecified atom stereocenters. The minimum Gasteiger partial charge on any atom is -0.457 e. The topological polar surface area (TPSA) is 246 Å². The minimum absolute atomic E-state index is 0.0839. The van der Waals surface area contributed by atoms with Gasteiger partial charge in [-0.05, 0) is 141 Å². The Balaban J connectivity index is 0.000000269. The van der Waals surface area contributed by atoms with Gasteiger partial charge >= 0.3 is 28.5 Å². The van der Waals surface area contributed by atoms with Crippen molar-refractivity contribution in [3.63, 3.8) is 0 Å². The molecule has 0 bridgehead atoms. The summed E-state index contributed by atoms with van der Waals surface area (Å²) in [5.41, 5.74) is 2.42. The maximum absolute atomic E-state index is 13.1. The molecular formula is C42H36B4F2N2O12. The highest BCUT2D eigenvalue weighted by molar-refractivity contribution is 6.74. The normalized spacial score (nSPS) is 10.5. The average Bonchev–Trinajstić information content (AvgIpc) is 3.29. The zero-order chi connectivity index (χ0) is 44.8. The van der Waals surface area contributed by atoms with Crippen molar-refractivity contribution in [3.8, 4) is 35.1 Å². The van der Waals surface area contributed by atoms with Crippen molar-refractivity contribution in [1.29, 1.82) is 10.5 Å². The molecule has 0 heterocycles. The maximum Gasteiger partial charge on any atom is 0.478 e. The summed E-state index contributed by atoms with van der Waals surface area (Å²) in [4.78, 5) is 0. The van der Waals surface area contributed by atoms with Crippen LogP contribution in [0.3, 0.4) is 0 Å². The summed E-state index contributed by atoms with van der Waals surface area (Å²) in [7, 11) is -6.51. The lowest BCUT2D eigenvalue weighted by Crippen LogP contribution is -2.47. The van der Waals surface area contributed by atoms with Crippen molar-refractivity contribution in [2.75, 3.05) is 0 Å². The van der Waals surface area contributed by atoms with Crippen LogP contribution in [-0.4, -0.2) is 69.0 Å². The Morgan fingerprint density at radius 3 is 0.968 bits per heavy atom. The standard InChI is InChI=1S/C28H22B2N2O7.C14H14B2F2O5/c31-15-19-1-5-23(6-2-19)37-25-9-11-27(21(13-25)17-33)29(35)39-30(36)28-12-10-26(14-22(28)18-34)38-24-7-3-20(16-32)4-8-24;17-11-1-3-13(9(5-11)7-19)15(21)23-16(22)14-4-2-12(18)6-10(14)8-20/h1-14,33-36H,17-18H2;1-6,19-22H,7-8H2. The molecule has 0 aliphatic carbocycles. The first-order valence-corrected chi connectivity index (χ1v) is 18.5. The Kier molecular flexibility index (Phi) is 16.9. The van der Waals surface area contributed by atoms with Crippen molar-refractivity contribution in [2.24, 2.45) is 0 Å². The summed E-state index contributed by atoms with van der Waals surface area (Å²) in [5.74, 6) is 0.571. The lowest BCUT2D eigenvalue weighted by atomic mass is 9.69. The van der Waals surface area contributed by atoms with Crippen LogP contribution >= 0.6 is 0 Å². The summed E-state index contributed by atoms with van der Waals surface area (Å²) in [6.45, 7) is -1.91. The van der Waals surface area contributed by atoms with E-state index in [9.17, 15) is 49.3 Å². The van der Waals surface area contributed by atoms with E-state index in [4.69, 9.17) is 29.1 Å². The SMILES string of the molecule is N#Cc1ccc(Oc2ccc(B(O)OB(O)c3ccc(Oc4ccc(C#N)cc4)cc3CO)c(CO)c2)cc1.OCc1cc(F)ccc1B(O)OB(O)c1ccc(F)cc1CO. The minimum atomic E-state index is -1.65. The van der Waals surface area contributed by atoms with Crippen molar-refractivity contribution >= 4 is 50.3 Å². The molecule has 6 aromatic rings. The number of aliphatic hydroxyl groups is 4. The summed E-state index contributed by atoms with van der Waals surface area (Å²) < 4.78 is 48.2. The molecule has 8 N–H and O–H groups in total. The molecule has 62 heavy (non-hydrogen) atoms. The van der Waals surface area contributed by atoms with E-state index in [2.05, 4.69) is 0 Å². The first kappa shape index (κ1) is 46.7. The molecule has 0 spiro atoms. The fraction of sp³-hybridized carbons (Fsp3) is 0.0952. The molecule has 0 aliphatic heterocycles. The van der Waals surface area contributed by atoms with Crippen molar-refractivity contribution in [1.82, 2.24) is 0 Å². The lowest BCUT2D eigenvalue weighted by Gasteiger charge is -2.18. The first-order chi connectivity index (χ1) is 29.9. The van der Waals surface area contributed by atoms with E-state index in [1.54, 1.807) is 60.7 Å². The van der Waals surface area contributed by atoms with Crippen molar-refractivity contribution < 1.29 is 67.9 Å². The van der Waals surface area contributed by atoms with Crippen LogP contribution in [0.4, 0.5) is 8.78 Å². The molecule has 20 heteroatoms. The predicted octanol–water partition coefficient (Wildman–Crippen LogP) is 1.13. The molecule has 14 nitrogen and oxygen atoms in total. The number of aliphatic hydroxyl groups excluding tert-OH is 4. The number of nitriles is 2. The van der Waals surface area contributed by atoms with Gasteiger partial charge in [0.25, 0.3) is 0 Å². The Hall–Kier alpha value is -6.38. The second-order valence-electron chi connectivity index (χ2n) is 13.2. The van der Waals surface area contributed by atoms with Crippen LogP contribution in [0, 0.1) is 34.3 Å². The van der Waals surface area contributed by atoms with Gasteiger partial charge in [0.2, 0.25) is 0 Å². The van der Waals surface area contributed by atoms with Gasteiger partial charge in [0.1, 0.15) is 34.6 Å². The van der Waals surface area contributed by atoms with Gasteiger partial charge in [0.05, 0.1) is 49.7 Å². The monoisotopic (exact) mass is 842 g/mol. The van der Waals surface area contributed by atoms with Gasteiger partial charge in [0.15, 0.2) is 0 Å². The molecule has 0 atom stereocenters. The highest BCUT2D eigenvalue weighted by Gasteiger charge is 2.31. The van der Waals surface area contributed by atoms with Crippen LogP contribution in [0.1, 0.15) is 33.4 Å². The van der Waals surface area contributed by atoms with E-state index >= 15 is 0 Å². The molecule has 0 aliphatic rings. The van der Waals surface area contributed by atoms with Gasteiger partial charge in [-0.25, -0.2) is 8.78 Å². The van der Waals surface area contributed by atoms with E-state index in [0.717, 1.165) is 24.3 Å². The van der Waals surface area contributed by atoms with E-state index in [-0.39, 0.29) is 33.0 Å². The average molecular weight is 842 g/mol. The summed E-state index contributed by atoms with van der Waals surface area (Å²) >= 11 is 0. The molecule has 6 rings (SSSR count). The molecule has 6 aromatic carbocycles. The largest absolute Gasteiger partial charge is 0.478 e. The predicted molar refractivity (Wildman–Crippen MR) is 224 cm³/mol. The van der Waals surface area contributed by atoms with Gasteiger partial charge in [0, 0.05) is 0 Å². The van der Waals surface area contributed by atoms with Crippen molar-refractivity contribution in [2.45, 2.75) is 26.4 Å². The third kappa shape index (κ3) is 12.4. The van der Waals surface area contributed by atoms with Gasteiger partial charge in [-0.3, -0.25) is 0 Å². The van der Waals surface area contributed by atoms with Gasteiger partial charge in [-0.15, -0.1) is 0 Å². The highest BCUT2D eigenvalue weighted by Crippen LogP contribution is 2.24. The maximum atomic E-state index is 13.1. The number of halogens is 2. The number of hydrogen-bond donors (Lipinski definition) is 8. The number of benzene rings is 6. The lowest BCUT2D eigenvalue weighted by molar-refractivity contribution is 0.280. The van der Waals surface area contributed by atoms with Crippen molar-refractivity contribution in [3.05, 3.63) is 166 Å². The summed E-state index contributed by atoms with van der Waals surface area (Å²) in [6, 6.07) is 32.9. The van der Waals surface area contributed by atoms with Crippen LogP contribution in [0.25, 0.3) is 0 Å². The summed E-state index contributed by atoms with van der Waals surface area (Å²) in [6.07, 6.45) is 0. The fourth-order valence-electron chi connectivity index (χ4n) is 5.96. The Morgan fingerprint density at radius 1 is 0.403 bits per heavy atom. The quantitative estimate of drug-likeness (QED) is 0.0638. The van der Waals surface area contributed by atoms with E-state index < -0.39 is 66.5 Å². The summed E-state index contributed by atoms with van der Waals surface area (Å²) in [5, 5.41) is 97.3. The first-order valence-electron chi connectivity index (χ1n) is 18.5. The second-order valence-corrected chi connectivity index (χ2v) is 13.2. The third-order valence-corrected chi connectivity index (χ3v) is 9.14. The molecule has 0 fully saturated rings. The van der Waals surface area contributed by atoms with E-state index in [1.807, 2.05) is 12.1 Å². The number of nitrogens with zero attached hydrogens (tertiary/aromatic N) is 2. The Labute approximate surface area is 355 Å². The van der Waals surface area contributed by atoms with E-state index in [1.165, 1.54) is 36.4 Å². The third-order valence-electron chi connectivity index (χ3n) is 9.14. The van der Waals surface area contributed by atoms with Crippen LogP contribution in [0.15, 0.2) is 121 Å². The Bertz CT molecular complexity index is 2360. The smallest absolute Gasteiger partial charge is 0.457 e. The molecule has 0 saturated carbocycles. The van der Waals surface area contributed by atoms with Crippen LogP contribution in [0.2, 0.25) is 0 Å². The van der Waals surface area contributed by atoms with Gasteiger partial charge in [-0.1, -0.05) is 24.3 Å². The molecular weight excluding hydrogens is 806 g/mol. The number of ether oxygens (including phenoxy) is 2. The second kappa shape index (κ2) is 22.5. The molecule has 0 aromatic heterocycles. The van der Waals surface area contributed by atoms with Crippen LogP contribution in [-0.2, 0) is 35.6 Å². The van der Waals surface area contributed by atoms with Crippen LogP contribution < -0.4 is 31.3 Å². The zero-order valence-corrected chi connectivity index (χ0v) is 32.5. The van der Waals surface area contributed by atoms with Gasteiger partial charge in [-0.2, -0.15) is 10.5 Å². The number of rotatable bonds is 16. The molecule has 0 amide bonds. The molecule has 0 radical (unpaired) electrons. The van der Waals surface area contributed by atoms with Gasteiger partial charge < -0.3 is 59.1 Å². The van der Waals surface area contributed by atoms with Crippen LogP contribution in [0.5, 0.6) is 23.0 Å².